The molecule has 0 aliphatic rings. The van der Waals surface area contributed by atoms with Crippen LogP contribution in [0.1, 0.15) is 12.0 Å². The lowest BCUT2D eigenvalue weighted by Gasteiger charge is -2.13. The minimum absolute atomic E-state index is 0. The fourth-order valence-corrected chi connectivity index (χ4v) is 1.83. The zero-order valence-electron chi connectivity index (χ0n) is 14.5. The van der Waals surface area contributed by atoms with E-state index in [1.807, 2.05) is 38.4 Å². The van der Waals surface area contributed by atoms with Crippen molar-refractivity contribution in [3.8, 4) is 5.75 Å². The van der Waals surface area contributed by atoms with E-state index in [1.54, 1.807) is 7.11 Å². The average molecular weight is 382 g/mol. The van der Waals surface area contributed by atoms with Crippen LogP contribution in [0.5, 0.6) is 5.75 Å². The normalized spacial score (nSPS) is 11.2. The third-order valence-corrected chi connectivity index (χ3v) is 3.20. The summed E-state index contributed by atoms with van der Waals surface area (Å²) in [5.74, 6) is 0.738. The van der Waals surface area contributed by atoms with E-state index in [-0.39, 0.29) is 43.2 Å². The molecule has 6 nitrogen and oxygen atoms in total. The van der Waals surface area contributed by atoms with Gasteiger partial charge in [-0.15, -0.1) is 24.8 Å². The number of ether oxygens (including phenoxy) is 2. The Kier molecular flexibility index (Phi) is 15.0. The number of halogens is 2. The van der Waals surface area contributed by atoms with Gasteiger partial charge in [-0.2, -0.15) is 0 Å². The van der Waals surface area contributed by atoms with E-state index in [1.165, 1.54) is 0 Å². The van der Waals surface area contributed by atoms with Gasteiger partial charge in [0.25, 0.3) is 0 Å². The van der Waals surface area contributed by atoms with Crippen LogP contribution in [0.2, 0.25) is 0 Å². The molecule has 140 valence electrons. The number of nitrogens with two attached hydrogens (primary N) is 1. The van der Waals surface area contributed by atoms with Gasteiger partial charge < -0.3 is 25.4 Å². The minimum atomic E-state index is -0.235. The molecule has 3 N–H and O–H groups in total. The molecule has 0 heterocycles. The first-order chi connectivity index (χ1) is 10.5. The number of rotatable bonds is 10. The minimum Gasteiger partial charge on any atom is -0.492 e. The molecule has 1 unspecified atom stereocenters. The van der Waals surface area contributed by atoms with Gasteiger partial charge in [0.1, 0.15) is 12.4 Å². The molecule has 1 amide bonds. The van der Waals surface area contributed by atoms with Gasteiger partial charge in [-0.1, -0.05) is 12.1 Å². The fraction of sp³-hybridized carbons (Fsp3) is 0.562. The maximum atomic E-state index is 11.8. The molecule has 1 aromatic rings. The molecular weight excluding hydrogens is 353 g/mol. The van der Waals surface area contributed by atoms with Crippen molar-refractivity contribution < 1.29 is 14.3 Å². The zero-order chi connectivity index (χ0) is 16.4. The molecule has 1 atom stereocenters. The molecule has 0 bridgehead atoms. The lowest BCUT2D eigenvalue weighted by atomic mass is 10.2. The molecule has 1 rings (SSSR count). The van der Waals surface area contributed by atoms with Crippen LogP contribution in [0.3, 0.4) is 0 Å². The van der Waals surface area contributed by atoms with E-state index < -0.39 is 0 Å². The van der Waals surface area contributed by atoms with Gasteiger partial charge in [0.15, 0.2) is 0 Å². The first kappa shape index (κ1) is 25.2. The van der Waals surface area contributed by atoms with Crippen molar-refractivity contribution in [1.29, 1.82) is 0 Å². The Bertz CT molecular complexity index is 458. The van der Waals surface area contributed by atoms with Crippen LogP contribution in [0, 0.1) is 0 Å². The second-order valence-electron chi connectivity index (χ2n) is 5.37. The van der Waals surface area contributed by atoms with Crippen LogP contribution >= 0.6 is 24.8 Å². The van der Waals surface area contributed by atoms with Gasteiger partial charge in [-0.3, -0.25) is 4.79 Å². The van der Waals surface area contributed by atoms with Crippen LogP contribution < -0.4 is 15.8 Å². The summed E-state index contributed by atoms with van der Waals surface area (Å²) in [4.78, 5) is 13.9. The van der Waals surface area contributed by atoms with Crippen LogP contribution in [0.4, 0.5) is 0 Å². The maximum absolute atomic E-state index is 11.8. The standard InChI is InChI=1S/C16H27N3O3.2ClH/c1-19(2)7-8-22-14-6-4-5-13(9-14)12-18-16(20)10-15(11-17)21-3;;/h4-6,9,15H,7-8,10-12,17H2,1-3H3,(H,18,20);2*1H. The molecule has 0 aromatic heterocycles. The highest BCUT2D eigenvalue weighted by atomic mass is 35.5. The smallest absolute Gasteiger partial charge is 0.222 e. The Hall–Kier alpha value is -1.05. The van der Waals surface area contributed by atoms with Crippen molar-refractivity contribution in [2.24, 2.45) is 5.73 Å². The zero-order valence-corrected chi connectivity index (χ0v) is 16.1. The molecule has 0 saturated heterocycles. The maximum Gasteiger partial charge on any atom is 0.222 e. The molecule has 0 spiro atoms. The topological polar surface area (TPSA) is 76.8 Å². The largest absolute Gasteiger partial charge is 0.492 e. The quantitative estimate of drug-likeness (QED) is 0.641. The first-order valence-corrected chi connectivity index (χ1v) is 7.41. The molecule has 0 saturated carbocycles. The third kappa shape index (κ3) is 10.7. The highest BCUT2D eigenvalue weighted by molar-refractivity contribution is 5.85. The summed E-state index contributed by atoms with van der Waals surface area (Å²) in [5.41, 5.74) is 6.50. The second-order valence-corrected chi connectivity index (χ2v) is 5.37. The van der Waals surface area contributed by atoms with Gasteiger partial charge in [-0.05, 0) is 31.8 Å². The summed E-state index contributed by atoms with van der Waals surface area (Å²) in [7, 11) is 5.56. The molecule has 8 heteroatoms. The number of methoxy groups -OCH3 is 1. The monoisotopic (exact) mass is 381 g/mol. The number of likely N-dealkylation sites (N-methyl/N-ethyl adjacent to an activating group) is 1. The Labute approximate surface area is 156 Å². The number of nitrogens with zero attached hydrogens (tertiary/aromatic N) is 1. The van der Waals surface area contributed by atoms with Gasteiger partial charge in [0.2, 0.25) is 5.91 Å². The number of amides is 1. The predicted octanol–water partition coefficient (Wildman–Crippen LogP) is 1.45. The molecule has 0 radical (unpaired) electrons. The lowest BCUT2D eigenvalue weighted by molar-refractivity contribution is -0.123. The van der Waals surface area contributed by atoms with Gasteiger partial charge in [0, 0.05) is 26.7 Å². The Morgan fingerprint density at radius 1 is 1.33 bits per heavy atom. The van der Waals surface area contributed by atoms with Crippen LogP contribution in [-0.4, -0.2) is 57.8 Å². The SMILES string of the molecule is COC(CN)CC(=O)NCc1cccc(OCCN(C)C)c1.Cl.Cl. The Morgan fingerprint density at radius 2 is 2.04 bits per heavy atom. The lowest BCUT2D eigenvalue weighted by Crippen LogP contribution is -2.31. The third-order valence-electron chi connectivity index (χ3n) is 3.20. The van der Waals surface area contributed by atoms with Crippen molar-refractivity contribution in [2.75, 3.05) is 40.9 Å². The van der Waals surface area contributed by atoms with Crippen molar-refractivity contribution >= 4 is 30.7 Å². The van der Waals surface area contributed by atoms with Crippen molar-refractivity contribution in [3.05, 3.63) is 29.8 Å². The summed E-state index contributed by atoms with van der Waals surface area (Å²) in [5, 5.41) is 2.86. The predicted molar refractivity (Wildman–Crippen MR) is 101 cm³/mol. The highest BCUT2D eigenvalue weighted by Gasteiger charge is 2.11. The summed E-state index contributed by atoms with van der Waals surface area (Å²) in [6.45, 7) is 2.29. The number of nitrogens with one attached hydrogen (secondary N) is 1. The summed E-state index contributed by atoms with van der Waals surface area (Å²) >= 11 is 0. The number of benzene rings is 1. The molecular formula is C16H29Cl2N3O3. The molecule has 0 aliphatic carbocycles. The summed E-state index contributed by atoms with van der Waals surface area (Å²) in [6.07, 6.45) is 0.0344. The molecule has 24 heavy (non-hydrogen) atoms. The Morgan fingerprint density at radius 3 is 2.62 bits per heavy atom. The van der Waals surface area contributed by atoms with E-state index >= 15 is 0 Å². The summed E-state index contributed by atoms with van der Waals surface area (Å²) < 4.78 is 10.8. The Balaban J connectivity index is 0. The van der Waals surface area contributed by atoms with E-state index in [2.05, 4.69) is 10.2 Å². The highest BCUT2D eigenvalue weighted by Crippen LogP contribution is 2.13. The number of hydrogen-bond acceptors (Lipinski definition) is 5. The summed E-state index contributed by atoms with van der Waals surface area (Å²) in [6, 6.07) is 7.73. The number of hydrogen-bond donors (Lipinski definition) is 2. The molecule has 0 aliphatic heterocycles. The molecule has 1 aromatic carbocycles. The average Bonchev–Trinajstić information content (AvgIpc) is 2.50. The van der Waals surface area contributed by atoms with Crippen molar-refractivity contribution in [3.63, 3.8) is 0 Å². The fourth-order valence-electron chi connectivity index (χ4n) is 1.83. The van der Waals surface area contributed by atoms with E-state index in [4.69, 9.17) is 15.2 Å². The van der Waals surface area contributed by atoms with Crippen LogP contribution in [0.15, 0.2) is 24.3 Å². The van der Waals surface area contributed by atoms with Crippen molar-refractivity contribution in [1.82, 2.24) is 10.2 Å². The molecule has 0 fully saturated rings. The first-order valence-electron chi connectivity index (χ1n) is 7.41. The van der Waals surface area contributed by atoms with Gasteiger partial charge in [-0.25, -0.2) is 0 Å². The van der Waals surface area contributed by atoms with Crippen molar-refractivity contribution in [2.45, 2.75) is 19.1 Å². The number of carbonyl (C=O) groups is 1. The van der Waals surface area contributed by atoms with Crippen LogP contribution in [-0.2, 0) is 16.1 Å². The van der Waals surface area contributed by atoms with Crippen LogP contribution in [0.25, 0.3) is 0 Å². The van der Waals surface area contributed by atoms with E-state index in [9.17, 15) is 4.79 Å². The van der Waals surface area contributed by atoms with E-state index in [0.717, 1.165) is 17.9 Å². The van der Waals surface area contributed by atoms with E-state index in [0.29, 0.717) is 19.7 Å². The van der Waals surface area contributed by atoms with Gasteiger partial charge >= 0.3 is 0 Å². The number of carbonyl (C=O) groups excluding carboxylic acids is 1. The van der Waals surface area contributed by atoms with Gasteiger partial charge in [0.05, 0.1) is 12.5 Å². The second kappa shape index (κ2) is 14.3.